The highest BCUT2D eigenvalue weighted by atomic mass is 35.5. The van der Waals surface area contributed by atoms with Crippen molar-refractivity contribution in [3.05, 3.63) is 51.7 Å². The summed E-state index contributed by atoms with van der Waals surface area (Å²) in [4.78, 5) is 19.2. The Kier molecular flexibility index (Phi) is 5.50. The number of rotatable bonds is 6. The maximum absolute atomic E-state index is 13.2. The molecule has 2 rings (SSSR count). The number of carbonyl (C=O) groups is 1. The largest absolute Gasteiger partial charge is 0.481 e. The van der Waals surface area contributed by atoms with Gasteiger partial charge in [0.2, 0.25) is 11.7 Å². The molecule has 7 heteroatoms. The van der Waals surface area contributed by atoms with Crippen molar-refractivity contribution in [3.8, 4) is 5.88 Å². The first-order valence-electron chi connectivity index (χ1n) is 7.07. The highest BCUT2D eigenvalue weighted by molar-refractivity contribution is 6.31. The van der Waals surface area contributed by atoms with E-state index < -0.39 is 11.8 Å². The minimum atomic E-state index is -1.22. The molecule has 0 aliphatic heterocycles. The fourth-order valence-electron chi connectivity index (χ4n) is 2.25. The Balaban J connectivity index is 2.52. The van der Waals surface area contributed by atoms with Gasteiger partial charge in [0.1, 0.15) is 5.82 Å². The second-order valence-electron chi connectivity index (χ2n) is 4.95. The van der Waals surface area contributed by atoms with Crippen LogP contribution in [0.3, 0.4) is 0 Å². The summed E-state index contributed by atoms with van der Waals surface area (Å²) in [6.07, 6.45) is 1.69. The predicted octanol–water partition coefficient (Wildman–Crippen LogP) is 3.52. The molecule has 0 amide bonds. The van der Waals surface area contributed by atoms with Gasteiger partial charge in [0.05, 0.1) is 12.8 Å². The molecule has 0 atom stereocenters. The van der Waals surface area contributed by atoms with Gasteiger partial charge in [0, 0.05) is 17.0 Å². The van der Waals surface area contributed by atoms with Crippen molar-refractivity contribution >= 4 is 17.6 Å². The van der Waals surface area contributed by atoms with Crippen LogP contribution in [-0.2, 0) is 12.8 Å². The molecule has 0 saturated heterocycles. The molecule has 2 aromatic rings. The Morgan fingerprint density at radius 3 is 2.70 bits per heavy atom. The fraction of sp³-hybridized carbons (Fsp3) is 0.312. The average molecular weight is 339 g/mol. The van der Waals surface area contributed by atoms with E-state index in [4.69, 9.17) is 21.4 Å². The van der Waals surface area contributed by atoms with Crippen LogP contribution in [0.5, 0.6) is 5.88 Å². The van der Waals surface area contributed by atoms with Crippen LogP contribution >= 0.6 is 11.6 Å². The van der Waals surface area contributed by atoms with E-state index >= 15 is 0 Å². The zero-order valence-electron chi connectivity index (χ0n) is 12.8. The van der Waals surface area contributed by atoms with E-state index in [9.17, 15) is 9.18 Å². The highest BCUT2D eigenvalue weighted by Gasteiger charge is 2.19. The van der Waals surface area contributed by atoms with Crippen LogP contribution in [0.2, 0.25) is 5.02 Å². The van der Waals surface area contributed by atoms with E-state index in [2.05, 4.69) is 9.97 Å². The molecule has 122 valence electrons. The fourth-order valence-corrected chi connectivity index (χ4v) is 2.48. The van der Waals surface area contributed by atoms with E-state index in [-0.39, 0.29) is 16.7 Å². The maximum Gasteiger partial charge on any atom is 0.374 e. The Labute approximate surface area is 138 Å². The van der Waals surface area contributed by atoms with Gasteiger partial charge < -0.3 is 9.84 Å². The van der Waals surface area contributed by atoms with Crippen LogP contribution in [0.1, 0.15) is 40.8 Å². The van der Waals surface area contributed by atoms with Crippen molar-refractivity contribution < 1.29 is 19.0 Å². The molecule has 0 aliphatic rings. The summed E-state index contributed by atoms with van der Waals surface area (Å²) in [6.45, 7) is 1.96. The second-order valence-corrected chi connectivity index (χ2v) is 5.36. The van der Waals surface area contributed by atoms with Crippen LogP contribution < -0.4 is 4.74 Å². The van der Waals surface area contributed by atoms with Crippen LogP contribution in [0, 0.1) is 5.82 Å². The molecule has 0 unspecified atom stereocenters. The van der Waals surface area contributed by atoms with E-state index in [1.54, 1.807) is 6.07 Å². The number of hydrogen-bond acceptors (Lipinski definition) is 4. The van der Waals surface area contributed by atoms with Gasteiger partial charge in [0.25, 0.3) is 0 Å². The third kappa shape index (κ3) is 3.96. The molecule has 1 heterocycles. The van der Waals surface area contributed by atoms with E-state index in [0.717, 1.165) is 6.42 Å². The summed E-state index contributed by atoms with van der Waals surface area (Å²) in [5.41, 5.74) is 1.94. The van der Waals surface area contributed by atoms with Gasteiger partial charge in [-0.2, -0.15) is 4.98 Å². The summed E-state index contributed by atoms with van der Waals surface area (Å²) >= 11 is 6.07. The number of nitrogens with zero attached hydrogens (tertiary/aromatic N) is 2. The third-order valence-electron chi connectivity index (χ3n) is 3.31. The van der Waals surface area contributed by atoms with E-state index in [1.807, 2.05) is 6.92 Å². The van der Waals surface area contributed by atoms with Gasteiger partial charge >= 0.3 is 5.97 Å². The van der Waals surface area contributed by atoms with Crippen LogP contribution in [0.15, 0.2) is 18.2 Å². The molecular weight excluding hydrogens is 323 g/mol. The molecule has 0 fully saturated rings. The lowest BCUT2D eigenvalue weighted by Crippen LogP contribution is -2.12. The Morgan fingerprint density at radius 2 is 2.13 bits per heavy atom. The number of aryl methyl sites for hydroxylation is 1. The van der Waals surface area contributed by atoms with Gasteiger partial charge in [-0.1, -0.05) is 31.0 Å². The second kappa shape index (κ2) is 7.37. The first kappa shape index (κ1) is 17.1. The van der Waals surface area contributed by atoms with Crippen molar-refractivity contribution in [2.75, 3.05) is 7.11 Å². The zero-order chi connectivity index (χ0) is 17.0. The smallest absolute Gasteiger partial charge is 0.374 e. The van der Waals surface area contributed by atoms with Gasteiger partial charge in [-0.25, -0.2) is 14.2 Å². The Morgan fingerprint density at radius 1 is 1.39 bits per heavy atom. The SMILES string of the molecule is CCCc1nc(C(=O)O)nc(OC)c1Cc1ccc(F)cc1Cl. The number of benzene rings is 1. The number of methoxy groups -OCH3 is 1. The number of hydrogen-bond donors (Lipinski definition) is 1. The van der Waals surface area contributed by atoms with Crippen LogP contribution in [0.4, 0.5) is 4.39 Å². The first-order chi connectivity index (χ1) is 11.0. The molecule has 0 radical (unpaired) electrons. The molecule has 1 N–H and O–H groups in total. The summed E-state index contributed by atoms with van der Waals surface area (Å²) in [7, 11) is 1.42. The molecular formula is C16H16ClFN2O3. The molecule has 0 spiro atoms. The molecule has 0 aliphatic carbocycles. The average Bonchev–Trinajstić information content (AvgIpc) is 2.51. The highest BCUT2D eigenvalue weighted by Crippen LogP contribution is 2.27. The molecule has 1 aromatic heterocycles. The topological polar surface area (TPSA) is 72.3 Å². The lowest BCUT2D eigenvalue weighted by atomic mass is 10.0. The van der Waals surface area contributed by atoms with Crippen molar-refractivity contribution in [2.24, 2.45) is 0 Å². The number of carboxylic acids is 1. The Hall–Kier alpha value is -2.21. The molecule has 0 saturated carbocycles. The van der Waals surface area contributed by atoms with E-state index in [0.29, 0.717) is 29.7 Å². The summed E-state index contributed by atoms with van der Waals surface area (Å²) in [5, 5.41) is 9.40. The predicted molar refractivity (Wildman–Crippen MR) is 83.8 cm³/mol. The monoisotopic (exact) mass is 338 g/mol. The molecule has 5 nitrogen and oxygen atoms in total. The van der Waals surface area contributed by atoms with Gasteiger partial charge in [-0.15, -0.1) is 0 Å². The first-order valence-corrected chi connectivity index (χ1v) is 7.45. The lowest BCUT2D eigenvalue weighted by Gasteiger charge is -2.14. The normalized spacial score (nSPS) is 10.6. The van der Waals surface area contributed by atoms with Gasteiger partial charge in [-0.3, -0.25) is 0 Å². The number of ether oxygens (including phenoxy) is 1. The number of aromatic carboxylic acids is 1. The van der Waals surface area contributed by atoms with E-state index in [1.165, 1.54) is 19.2 Å². The van der Waals surface area contributed by atoms with Crippen molar-refractivity contribution in [1.29, 1.82) is 0 Å². The standard InChI is InChI=1S/C16H16ClFN2O3/c1-3-4-13-11(7-9-5-6-10(18)8-12(9)17)15(23-2)20-14(19-13)16(21)22/h5-6,8H,3-4,7H2,1-2H3,(H,21,22). The van der Waals surface area contributed by atoms with Gasteiger partial charge in [0.15, 0.2) is 0 Å². The van der Waals surface area contributed by atoms with Crippen LogP contribution in [-0.4, -0.2) is 28.2 Å². The van der Waals surface area contributed by atoms with Gasteiger partial charge in [-0.05, 0) is 24.1 Å². The summed E-state index contributed by atoms with van der Waals surface area (Å²) in [5.74, 6) is -1.75. The van der Waals surface area contributed by atoms with Crippen LogP contribution in [0.25, 0.3) is 0 Å². The van der Waals surface area contributed by atoms with Crippen molar-refractivity contribution in [1.82, 2.24) is 9.97 Å². The Bertz CT molecular complexity index is 738. The van der Waals surface area contributed by atoms with Crippen molar-refractivity contribution in [2.45, 2.75) is 26.2 Å². The molecule has 1 aromatic carbocycles. The quantitative estimate of drug-likeness (QED) is 0.872. The number of aromatic nitrogens is 2. The summed E-state index contributed by atoms with van der Waals surface area (Å²) in [6, 6.07) is 4.13. The minimum Gasteiger partial charge on any atom is -0.481 e. The third-order valence-corrected chi connectivity index (χ3v) is 3.66. The number of halogens is 2. The maximum atomic E-state index is 13.2. The summed E-state index contributed by atoms with van der Waals surface area (Å²) < 4.78 is 18.4. The lowest BCUT2D eigenvalue weighted by molar-refractivity contribution is 0.0681. The molecule has 23 heavy (non-hydrogen) atoms. The number of carboxylic acid groups (broad SMARTS) is 1. The van der Waals surface area contributed by atoms with Crippen molar-refractivity contribution in [3.63, 3.8) is 0 Å². The minimum absolute atomic E-state index is 0.196. The molecule has 0 bridgehead atoms. The zero-order valence-corrected chi connectivity index (χ0v) is 13.5.